The molecule has 1 aromatic carbocycles. The van der Waals surface area contributed by atoms with Gasteiger partial charge in [-0.3, -0.25) is 9.59 Å². The first-order valence-electron chi connectivity index (χ1n) is 9.51. The Balaban J connectivity index is 1.44. The maximum atomic E-state index is 12.6. The highest BCUT2D eigenvalue weighted by atomic mass is 16.5. The van der Waals surface area contributed by atoms with E-state index in [1.54, 1.807) is 17.1 Å². The highest BCUT2D eigenvalue weighted by molar-refractivity contribution is 5.95. The second-order valence-corrected chi connectivity index (χ2v) is 7.14. The molecule has 6 nitrogen and oxygen atoms in total. The first-order valence-corrected chi connectivity index (χ1v) is 9.51. The number of hydrogen-bond donors (Lipinski definition) is 1. The van der Waals surface area contributed by atoms with Crippen molar-refractivity contribution in [2.45, 2.75) is 44.7 Å². The van der Waals surface area contributed by atoms with Crippen LogP contribution in [0.5, 0.6) is 0 Å². The van der Waals surface area contributed by atoms with Gasteiger partial charge in [-0.15, -0.1) is 0 Å². The van der Waals surface area contributed by atoms with Gasteiger partial charge in [0.2, 0.25) is 5.91 Å². The molecule has 0 radical (unpaired) electrons. The molecule has 2 aromatic rings. The van der Waals surface area contributed by atoms with Gasteiger partial charge in [0.25, 0.3) is 5.91 Å². The quantitative estimate of drug-likeness (QED) is 0.846. The van der Waals surface area contributed by atoms with Crippen molar-refractivity contribution in [3.05, 3.63) is 59.0 Å². The molecule has 0 bridgehead atoms. The predicted molar refractivity (Wildman–Crippen MR) is 101 cm³/mol. The third-order valence-electron chi connectivity index (χ3n) is 5.26. The second-order valence-electron chi connectivity index (χ2n) is 7.14. The van der Waals surface area contributed by atoms with Crippen molar-refractivity contribution in [2.75, 3.05) is 6.54 Å². The van der Waals surface area contributed by atoms with Gasteiger partial charge in [-0.25, -0.2) is 0 Å². The Morgan fingerprint density at radius 3 is 2.74 bits per heavy atom. The molecular weight excluding hydrogens is 342 g/mol. The number of nitrogens with zero attached hydrogens (tertiary/aromatic N) is 2. The zero-order valence-electron chi connectivity index (χ0n) is 15.2. The number of benzene rings is 1. The monoisotopic (exact) mass is 365 g/mol. The number of aromatic nitrogens is 1. The normalized spacial score (nSPS) is 17.3. The Morgan fingerprint density at radius 2 is 1.96 bits per heavy atom. The standard InChI is InChI=1S/C21H23N3O3/c25-19(11-10-15-6-2-1-3-7-15)24-13-12-18-17(14-24)20(23-27-18)21(26)22-16-8-4-5-9-16/h1-3,6-7,10-11,16H,4-5,8-9,12-14H2,(H,22,26). The third-order valence-corrected chi connectivity index (χ3v) is 5.26. The van der Waals surface area contributed by atoms with Crippen LogP contribution in [-0.2, 0) is 17.8 Å². The predicted octanol–water partition coefficient (Wildman–Crippen LogP) is 2.95. The highest BCUT2D eigenvalue weighted by Crippen LogP contribution is 2.24. The van der Waals surface area contributed by atoms with Gasteiger partial charge >= 0.3 is 0 Å². The van der Waals surface area contributed by atoms with Gasteiger partial charge < -0.3 is 14.7 Å². The summed E-state index contributed by atoms with van der Waals surface area (Å²) in [7, 11) is 0. The fraction of sp³-hybridized carbons (Fsp3) is 0.381. The van der Waals surface area contributed by atoms with Crippen LogP contribution in [0.1, 0.15) is 53.1 Å². The Morgan fingerprint density at radius 1 is 1.19 bits per heavy atom. The fourth-order valence-electron chi connectivity index (χ4n) is 3.74. The van der Waals surface area contributed by atoms with Gasteiger partial charge in [0.15, 0.2) is 5.69 Å². The number of nitrogens with one attached hydrogen (secondary N) is 1. The summed E-state index contributed by atoms with van der Waals surface area (Å²) < 4.78 is 5.36. The second kappa shape index (κ2) is 7.78. The van der Waals surface area contributed by atoms with Crippen molar-refractivity contribution in [2.24, 2.45) is 0 Å². The van der Waals surface area contributed by atoms with E-state index in [9.17, 15) is 9.59 Å². The molecule has 1 saturated carbocycles. The van der Waals surface area contributed by atoms with Gasteiger partial charge in [-0.05, 0) is 24.5 Å². The number of carbonyl (C=O) groups excluding carboxylic acids is 2. The number of fused-ring (bicyclic) bond motifs is 1. The van der Waals surface area contributed by atoms with Crippen molar-refractivity contribution in [3.8, 4) is 0 Å². The summed E-state index contributed by atoms with van der Waals surface area (Å²) in [6.45, 7) is 0.911. The lowest BCUT2D eigenvalue weighted by molar-refractivity contribution is -0.126. The van der Waals surface area contributed by atoms with E-state index in [0.717, 1.165) is 36.8 Å². The van der Waals surface area contributed by atoms with Crippen LogP contribution < -0.4 is 5.32 Å². The molecule has 6 heteroatoms. The summed E-state index contributed by atoms with van der Waals surface area (Å²) in [4.78, 5) is 26.8. The van der Waals surface area contributed by atoms with E-state index in [1.165, 1.54) is 0 Å². The molecule has 0 unspecified atom stereocenters. The molecule has 4 rings (SSSR count). The van der Waals surface area contributed by atoms with Crippen LogP contribution in [0.15, 0.2) is 40.9 Å². The number of hydrogen-bond acceptors (Lipinski definition) is 4. The van der Waals surface area contributed by atoms with Crippen LogP contribution in [-0.4, -0.2) is 34.5 Å². The van der Waals surface area contributed by atoms with E-state index in [4.69, 9.17) is 4.52 Å². The average molecular weight is 365 g/mol. The molecule has 2 amide bonds. The van der Waals surface area contributed by atoms with Gasteiger partial charge in [0.05, 0.1) is 6.54 Å². The van der Waals surface area contributed by atoms with E-state index in [0.29, 0.717) is 31.0 Å². The number of carbonyl (C=O) groups is 2. The van der Waals surface area contributed by atoms with Gasteiger partial charge in [-0.1, -0.05) is 48.3 Å². The molecule has 0 spiro atoms. The fourth-order valence-corrected chi connectivity index (χ4v) is 3.74. The number of rotatable bonds is 4. The molecule has 1 aromatic heterocycles. The van der Waals surface area contributed by atoms with Gasteiger partial charge in [0.1, 0.15) is 5.76 Å². The van der Waals surface area contributed by atoms with Crippen LogP contribution in [0.2, 0.25) is 0 Å². The summed E-state index contributed by atoms with van der Waals surface area (Å²) in [5.41, 5.74) is 2.03. The number of amides is 2. The maximum Gasteiger partial charge on any atom is 0.274 e. The third kappa shape index (κ3) is 3.94. The van der Waals surface area contributed by atoms with Crippen molar-refractivity contribution in [1.82, 2.24) is 15.4 Å². The topological polar surface area (TPSA) is 75.4 Å². The minimum Gasteiger partial charge on any atom is -0.360 e. The molecule has 2 heterocycles. The van der Waals surface area contributed by atoms with E-state index in [1.807, 2.05) is 30.3 Å². The molecule has 140 valence electrons. The van der Waals surface area contributed by atoms with Crippen LogP contribution in [0.25, 0.3) is 6.08 Å². The Bertz CT molecular complexity index is 851. The summed E-state index contributed by atoms with van der Waals surface area (Å²) in [6.07, 6.45) is 8.28. The van der Waals surface area contributed by atoms with E-state index >= 15 is 0 Å². The molecular formula is C21H23N3O3. The van der Waals surface area contributed by atoms with E-state index in [-0.39, 0.29) is 17.9 Å². The summed E-state index contributed by atoms with van der Waals surface area (Å²) in [6, 6.07) is 9.93. The largest absolute Gasteiger partial charge is 0.360 e. The molecule has 0 saturated heterocycles. The van der Waals surface area contributed by atoms with Crippen LogP contribution >= 0.6 is 0 Å². The SMILES string of the molecule is O=C(NC1CCCC1)c1noc2c1CN(C(=O)C=Cc1ccccc1)CC2. The van der Waals surface area contributed by atoms with Crippen LogP contribution in [0.3, 0.4) is 0 Å². The Hall–Kier alpha value is -2.89. The average Bonchev–Trinajstić information content (AvgIpc) is 3.36. The smallest absolute Gasteiger partial charge is 0.274 e. The molecule has 0 atom stereocenters. The lowest BCUT2D eigenvalue weighted by Gasteiger charge is -2.25. The lowest BCUT2D eigenvalue weighted by atomic mass is 10.0. The van der Waals surface area contributed by atoms with Crippen molar-refractivity contribution in [1.29, 1.82) is 0 Å². The lowest BCUT2D eigenvalue weighted by Crippen LogP contribution is -2.37. The molecule has 1 fully saturated rings. The first kappa shape index (κ1) is 17.5. The van der Waals surface area contributed by atoms with Crippen molar-refractivity contribution < 1.29 is 14.1 Å². The Labute approximate surface area is 158 Å². The molecule has 27 heavy (non-hydrogen) atoms. The minimum absolute atomic E-state index is 0.0761. The van der Waals surface area contributed by atoms with E-state index in [2.05, 4.69) is 10.5 Å². The molecule has 1 N–H and O–H groups in total. The van der Waals surface area contributed by atoms with Crippen LogP contribution in [0, 0.1) is 0 Å². The highest BCUT2D eigenvalue weighted by Gasteiger charge is 2.30. The summed E-state index contributed by atoms with van der Waals surface area (Å²) >= 11 is 0. The van der Waals surface area contributed by atoms with Crippen molar-refractivity contribution >= 4 is 17.9 Å². The maximum absolute atomic E-state index is 12.6. The first-order chi connectivity index (χ1) is 13.2. The molecule has 2 aliphatic rings. The summed E-state index contributed by atoms with van der Waals surface area (Å²) in [5, 5.41) is 7.03. The van der Waals surface area contributed by atoms with E-state index < -0.39 is 0 Å². The summed E-state index contributed by atoms with van der Waals surface area (Å²) in [5.74, 6) is 0.441. The minimum atomic E-state index is -0.193. The zero-order valence-corrected chi connectivity index (χ0v) is 15.2. The van der Waals surface area contributed by atoms with Gasteiger partial charge in [0, 0.05) is 30.6 Å². The van der Waals surface area contributed by atoms with Crippen molar-refractivity contribution in [3.63, 3.8) is 0 Å². The van der Waals surface area contributed by atoms with Gasteiger partial charge in [-0.2, -0.15) is 0 Å². The molecule has 1 aliphatic carbocycles. The van der Waals surface area contributed by atoms with Crippen LogP contribution in [0.4, 0.5) is 0 Å². The molecule has 1 aliphatic heterocycles. The Kier molecular flexibility index (Phi) is 5.05. The zero-order chi connectivity index (χ0) is 18.6.